The summed E-state index contributed by atoms with van der Waals surface area (Å²) >= 11 is 0. The molecular formula is C18H20N2O4. The van der Waals surface area contributed by atoms with Crippen LogP contribution in [0.4, 0.5) is 11.4 Å². The first-order valence-electron chi connectivity index (χ1n) is 7.66. The van der Waals surface area contributed by atoms with Gasteiger partial charge in [-0.25, -0.2) is 0 Å². The molecule has 1 N–H and O–H groups in total. The number of nitro benzene ring substituents is 1. The van der Waals surface area contributed by atoms with E-state index in [4.69, 9.17) is 4.74 Å². The average Bonchev–Trinajstić information content (AvgIpc) is 2.59. The zero-order valence-corrected chi connectivity index (χ0v) is 13.9. The highest BCUT2D eigenvalue weighted by molar-refractivity contribution is 5.95. The Balaban J connectivity index is 2.32. The molecule has 0 aliphatic rings. The summed E-state index contributed by atoms with van der Waals surface area (Å²) in [5.74, 6) is 0.553. The number of carbonyl (C=O) groups is 1. The number of anilines is 1. The van der Waals surface area contributed by atoms with Crippen molar-refractivity contribution in [1.82, 2.24) is 0 Å². The summed E-state index contributed by atoms with van der Waals surface area (Å²) in [4.78, 5) is 22.3. The third kappa shape index (κ3) is 3.90. The molecule has 126 valence electrons. The molecule has 2 aromatic carbocycles. The van der Waals surface area contributed by atoms with Crippen molar-refractivity contribution in [3.8, 4) is 5.75 Å². The molecule has 6 nitrogen and oxygen atoms in total. The number of Topliss-reactive ketones (excluding diaryl/α,β-unsaturated/α-hetero) is 1. The standard InChI is InChI=1S/C18H20N2O4/c1-4-16(13-5-8-15(24-3)9-6-13)19-17-10-7-14(12(2)21)11-18(17)20(22)23/h5-11,16,19H,4H2,1-3H3. The largest absolute Gasteiger partial charge is 0.497 e. The molecule has 0 aliphatic heterocycles. The number of nitro groups is 1. The van der Waals surface area contributed by atoms with Gasteiger partial charge < -0.3 is 10.1 Å². The number of ether oxygens (including phenoxy) is 1. The van der Waals surface area contributed by atoms with Crippen LogP contribution in [0.5, 0.6) is 5.75 Å². The van der Waals surface area contributed by atoms with E-state index in [1.54, 1.807) is 19.2 Å². The number of carbonyl (C=O) groups excluding carboxylic acids is 1. The van der Waals surface area contributed by atoms with E-state index in [9.17, 15) is 14.9 Å². The van der Waals surface area contributed by atoms with Crippen molar-refractivity contribution in [2.24, 2.45) is 0 Å². The van der Waals surface area contributed by atoms with Crippen LogP contribution in [0, 0.1) is 10.1 Å². The van der Waals surface area contributed by atoms with Gasteiger partial charge in [-0.2, -0.15) is 0 Å². The van der Waals surface area contributed by atoms with Gasteiger partial charge in [0.1, 0.15) is 11.4 Å². The van der Waals surface area contributed by atoms with E-state index in [2.05, 4.69) is 5.32 Å². The number of nitrogens with one attached hydrogen (secondary N) is 1. The minimum absolute atomic E-state index is 0.0854. The van der Waals surface area contributed by atoms with Crippen molar-refractivity contribution in [1.29, 1.82) is 0 Å². The summed E-state index contributed by atoms with van der Waals surface area (Å²) < 4.78 is 5.15. The van der Waals surface area contributed by atoms with E-state index in [1.807, 2.05) is 31.2 Å². The summed E-state index contributed by atoms with van der Waals surface area (Å²) in [6.45, 7) is 3.38. The zero-order chi connectivity index (χ0) is 17.7. The second-order valence-electron chi connectivity index (χ2n) is 5.42. The highest BCUT2D eigenvalue weighted by Gasteiger charge is 2.19. The fourth-order valence-corrected chi connectivity index (χ4v) is 2.47. The van der Waals surface area contributed by atoms with Gasteiger partial charge in [-0.3, -0.25) is 14.9 Å². The number of hydrogen-bond acceptors (Lipinski definition) is 5. The molecule has 0 bridgehead atoms. The van der Waals surface area contributed by atoms with E-state index in [-0.39, 0.29) is 17.5 Å². The lowest BCUT2D eigenvalue weighted by Gasteiger charge is -2.19. The van der Waals surface area contributed by atoms with Gasteiger partial charge in [-0.15, -0.1) is 0 Å². The van der Waals surface area contributed by atoms with Crippen molar-refractivity contribution in [2.75, 3.05) is 12.4 Å². The van der Waals surface area contributed by atoms with Crippen LogP contribution in [0.3, 0.4) is 0 Å². The summed E-state index contributed by atoms with van der Waals surface area (Å²) in [6, 6.07) is 12.0. The molecule has 0 radical (unpaired) electrons. The first-order valence-corrected chi connectivity index (χ1v) is 7.66. The van der Waals surface area contributed by atoms with Gasteiger partial charge in [0.2, 0.25) is 0 Å². The van der Waals surface area contributed by atoms with Crippen LogP contribution < -0.4 is 10.1 Å². The molecule has 0 heterocycles. The number of benzene rings is 2. The van der Waals surface area contributed by atoms with Crippen LogP contribution in [0.1, 0.15) is 42.2 Å². The number of nitrogens with zero attached hydrogens (tertiary/aromatic N) is 1. The maximum Gasteiger partial charge on any atom is 0.293 e. The summed E-state index contributed by atoms with van der Waals surface area (Å²) in [7, 11) is 1.60. The Labute approximate surface area is 140 Å². The Morgan fingerprint density at radius 1 is 1.25 bits per heavy atom. The fourth-order valence-electron chi connectivity index (χ4n) is 2.47. The number of ketones is 1. The van der Waals surface area contributed by atoms with Crippen LogP contribution in [0.15, 0.2) is 42.5 Å². The molecule has 0 amide bonds. The van der Waals surface area contributed by atoms with Gasteiger partial charge in [-0.1, -0.05) is 19.1 Å². The van der Waals surface area contributed by atoms with Crippen molar-refractivity contribution >= 4 is 17.2 Å². The predicted molar refractivity (Wildman–Crippen MR) is 92.7 cm³/mol. The lowest BCUT2D eigenvalue weighted by Crippen LogP contribution is -2.11. The molecule has 0 fully saturated rings. The Kier molecular flexibility index (Phi) is 5.52. The van der Waals surface area contributed by atoms with Crippen LogP contribution in [-0.4, -0.2) is 17.8 Å². The quantitative estimate of drug-likeness (QED) is 0.464. The minimum Gasteiger partial charge on any atom is -0.497 e. The molecule has 0 aromatic heterocycles. The maximum absolute atomic E-state index is 11.4. The van der Waals surface area contributed by atoms with Gasteiger partial charge in [0.25, 0.3) is 5.69 Å². The molecule has 1 unspecified atom stereocenters. The minimum atomic E-state index is -0.477. The van der Waals surface area contributed by atoms with Crippen LogP contribution >= 0.6 is 0 Å². The number of rotatable bonds is 7. The second-order valence-corrected chi connectivity index (χ2v) is 5.42. The van der Waals surface area contributed by atoms with Gasteiger partial charge in [0, 0.05) is 11.6 Å². The van der Waals surface area contributed by atoms with E-state index in [0.717, 1.165) is 17.7 Å². The van der Waals surface area contributed by atoms with Crippen LogP contribution in [-0.2, 0) is 0 Å². The van der Waals surface area contributed by atoms with Crippen LogP contribution in [0.25, 0.3) is 0 Å². The number of methoxy groups -OCH3 is 1. The molecule has 0 saturated carbocycles. The van der Waals surface area contributed by atoms with Crippen molar-refractivity contribution in [3.63, 3.8) is 0 Å². The molecular weight excluding hydrogens is 308 g/mol. The van der Waals surface area contributed by atoms with Crippen LogP contribution in [0.2, 0.25) is 0 Å². The van der Waals surface area contributed by atoms with Crippen molar-refractivity contribution < 1.29 is 14.5 Å². The topological polar surface area (TPSA) is 81.5 Å². The van der Waals surface area contributed by atoms with E-state index < -0.39 is 4.92 Å². The monoisotopic (exact) mass is 328 g/mol. The van der Waals surface area contributed by atoms with Gasteiger partial charge in [0.15, 0.2) is 5.78 Å². The lowest BCUT2D eigenvalue weighted by molar-refractivity contribution is -0.384. The molecule has 2 aromatic rings. The van der Waals surface area contributed by atoms with Crippen molar-refractivity contribution in [3.05, 3.63) is 63.7 Å². The Hall–Kier alpha value is -2.89. The maximum atomic E-state index is 11.4. The second kappa shape index (κ2) is 7.59. The highest BCUT2D eigenvalue weighted by Crippen LogP contribution is 2.31. The van der Waals surface area contributed by atoms with E-state index >= 15 is 0 Å². The van der Waals surface area contributed by atoms with E-state index in [0.29, 0.717) is 11.3 Å². The highest BCUT2D eigenvalue weighted by atomic mass is 16.6. The Morgan fingerprint density at radius 2 is 1.92 bits per heavy atom. The molecule has 2 rings (SSSR count). The smallest absolute Gasteiger partial charge is 0.293 e. The summed E-state index contributed by atoms with van der Waals surface area (Å²) in [5.41, 5.74) is 1.62. The lowest BCUT2D eigenvalue weighted by atomic mass is 10.0. The third-order valence-corrected chi connectivity index (χ3v) is 3.86. The first kappa shape index (κ1) is 17.5. The predicted octanol–water partition coefficient (Wildman–Crippen LogP) is 4.37. The van der Waals surface area contributed by atoms with Gasteiger partial charge >= 0.3 is 0 Å². The molecule has 0 spiro atoms. The summed E-state index contributed by atoms with van der Waals surface area (Å²) in [5, 5.41) is 14.5. The Bertz CT molecular complexity index is 741. The molecule has 0 aliphatic carbocycles. The normalized spacial score (nSPS) is 11.6. The first-order chi connectivity index (χ1) is 11.5. The SMILES string of the molecule is CCC(Nc1ccc(C(C)=O)cc1[N+](=O)[O-])c1ccc(OC)cc1. The molecule has 6 heteroatoms. The van der Waals surface area contributed by atoms with Crippen molar-refractivity contribution in [2.45, 2.75) is 26.3 Å². The zero-order valence-electron chi connectivity index (χ0n) is 13.9. The molecule has 1 atom stereocenters. The Morgan fingerprint density at radius 3 is 2.42 bits per heavy atom. The number of hydrogen-bond donors (Lipinski definition) is 1. The van der Waals surface area contributed by atoms with Gasteiger partial charge in [-0.05, 0) is 43.2 Å². The summed E-state index contributed by atoms with van der Waals surface area (Å²) in [6.07, 6.45) is 0.748. The molecule has 0 saturated heterocycles. The average molecular weight is 328 g/mol. The third-order valence-electron chi connectivity index (χ3n) is 3.86. The fraction of sp³-hybridized carbons (Fsp3) is 0.278. The van der Waals surface area contributed by atoms with Gasteiger partial charge in [0.05, 0.1) is 18.1 Å². The molecule has 24 heavy (non-hydrogen) atoms. The van der Waals surface area contributed by atoms with E-state index in [1.165, 1.54) is 13.0 Å².